The molecule has 0 aliphatic rings. The molecule has 2 aromatic carbocycles. The van der Waals surface area contributed by atoms with Crippen molar-refractivity contribution < 1.29 is 0 Å². The molecule has 1 unspecified atom stereocenters. The fraction of sp³-hybridized carbons (Fsp3) is 0.0769. The van der Waals surface area contributed by atoms with Crippen LogP contribution in [0.4, 0.5) is 0 Å². The summed E-state index contributed by atoms with van der Waals surface area (Å²) in [4.78, 5) is -0.204. The molecule has 0 heterocycles. The van der Waals surface area contributed by atoms with Crippen LogP contribution >= 0.6 is 62.3 Å². The van der Waals surface area contributed by atoms with Crippen molar-refractivity contribution in [2.24, 2.45) is 0 Å². The number of alkyl halides is 1. The lowest BCUT2D eigenvalue weighted by molar-refractivity contribution is 1.18. The van der Waals surface area contributed by atoms with Gasteiger partial charge < -0.3 is 0 Å². The summed E-state index contributed by atoms with van der Waals surface area (Å²) >= 11 is 28.1. The Kier molecular flexibility index (Phi) is 4.85. The number of benzene rings is 2. The largest absolute Gasteiger partial charge is 0.0843 e. The molecule has 0 spiro atoms. The predicted molar refractivity (Wildman–Crippen MR) is 83.7 cm³/mol. The van der Waals surface area contributed by atoms with E-state index in [9.17, 15) is 0 Å². The molecule has 2 rings (SSSR count). The maximum atomic E-state index is 6.18. The molecule has 0 aliphatic heterocycles. The van der Waals surface area contributed by atoms with Gasteiger partial charge in [-0.2, -0.15) is 0 Å². The second kappa shape index (κ2) is 6.02. The summed E-state index contributed by atoms with van der Waals surface area (Å²) in [5.41, 5.74) is 1.61. The summed E-state index contributed by atoms with van der Waals surface area (Å²) in [6.07, 6.45) is 0. The maximum absolute atomic E-state index is 6.18. The van der Waals surface area contributed by atoms with Crippen LogP contribution in [0, 0.1) is 0 Å². The van der Waals surface area contributed by atoms with E-state index in [2.05, 4.69) is 15.9 Å². The molecule has 94 valence electrons. The zero-order chi connectivity index (χ0) is 13.3. The molecule has 0 saturated carbocycles. The van der Waals surface area contributed by atoms with Gasteiger partial charge in [-0.15, -0.1) is 0 Å². The number of rotatable bonds is 2. The number of halogens is 5. The van der Waals surface area contributed by atoms with Gasteiger partial charge >= 0.3 is 0 Å². The van der Waals surface area contributed by atoms with E-state index < -0.39 is 0 Å². The third-order valence-corrected chi connectivity index (χ3v) is 4.67. The van der Waals surface area contributed by atoms with Crippen molar-refractivity contribution in [1.29, 1.82) is 0 Å². The summed E-state index contributed by atoms with van der Waals surface area (Å²) in [6, 6.07) is 10.7. The molecule has 2 aromatic rings. The van der Waals surface area contributed by atoms with E-state index in [0.717, 1.165) is 11.1 Å². The quantitative estimate of drug-likeness (QED) is 0.500. The Morgan fingerprint density at radius 1 is 0.833 bits per heavy atom. The summed E-state index contributed by atoms with van der Waals surface area (Å²) < 4.78 is 0. The van der Waals surface area contributed by atoms with Gasteiger partial charge in [0.1, 0.15) is 0 Å². The first-order valence-electron chi connectivity index (χ1n) is 5.03. The Bertz CT molecular complexity index is 563. The molecule has 5 heteroatoms. The Morgan fingerprint density at radius 3 is 2.06 bits per heavy atom. The lowest BCUT2D eigenvalue weighted by Crippen LogP contribution is -1.96. The van der Waals surface area contributed by atoms with Gasteiger partial charge in [-0.25, -0.2) is 0 Å². The van der Waals surface area contributed by atoms with Crippen molar-refractivity contribution in [3.05, 3.63) is 67.6 Å². The van der Waals surface area contributed by atoms with Gasteiger partial charge in [0.15, 0.2) is 0 Å². The third-order valence-electron chi connectivity index (χ3n) is 2.48. The van der Waals surface area contributed by atoms with Crippen LogP contribution in [-0.4, -0.2) is 0 Å². The van der Waals surface area contributed by atoms with Crippen molar-refractivity contribution >= 4 is 62.3 Å². The van der Waals surface area contributed by atoms with E-state index in [1.165, 1.54) is 0 Å². The fourth-order valence-corrected chi connectivity index (χ4v) is 3.91. The highest BCUT2D eigenvalue weighted by Crippen LogP contribution is 2.42. The van der Waals surface area contributed by atoms with E-state index in [0.29, 0.717) is 20.1 Å². The van der Waals surface area contributed by atoms with Crippen LogP contribution < -0.4 is 0 Å². The first-order chi connectivity index (χ1) is 8.50. The van der Waals surface area contributed by atoms with Crippen LogP contribution in [0.2, 0.25) is 20.1 Å². The molecular weight excluding hydrogens is 378 g/mol. The van der Waals surface area contributed by atoms with E-state index in [1.54, 1.807) is 36.4 Å². The van der Waals surface area contributed by atoms with Crippen molar-refractivity contribution in [2.75, 3.05) is 0 Å². The van der Waals surface area contributed by atoms with Gasteiger partial charge in [0.05, 0.1) is 4.83 Å². The van der Waals surface area contributed by atoms with E-state index in [-0.39, 0.29) is 4.83 Å². The van der Waals surface area contributed by atoms with Gasteiger partial charge in [-0.1, -0.05) is 68.4 Å². The monoisotopic (exact) mass is 382 g/mol. The topological polar surface area (TPSA) is 0 Å². The lowest BCUT2D eigenvalue weighted by atomic mass is 10.0. The zero-order valence-electron chi connectivity index (χ0n) is 8.93. The molecule has 1 atom stereocenters. The normalized spacial score (nSPS) is 12.5. The standard InChI is InChI=1S/C13H7BrCl4/c14-13(8-6-7(15)4-5-9(8)16)12-10(17)2-1-3-11(12)18/h1-6,13H. The van der Waals surface area contributed by atoms with Gasteiger partial charge in [0.25, 0.3) is 0 Å². The van der Waals surface area contributed by atoms with Gasteiger partial charge in [-0.3, -0.25) is 0 Å². The van der Waals surface area contributed by atoms with Crippen LogP contribution in [0.1, 0.15) is 16.0 Å². The molecule has 0 fully saturated rings. The molecule has 0 aromatic heterocycles. The van der Waals surface area contributed by atoms with E-state index in [4.69, 9.17) is 46.4 Å². The predicted octanol–water partition coefficient (Wildman–Crippen LogP) is 6.78. The molecule has 0 bridgehead atoms. The minimum atomic E-state index is -0.204. The summed E-state index contributed by atoms with van der Waals surface area (Å²) in [5.74, 6) is 0. The van der Waals surface area contributed by atoms with Crippen LogP contribution in [-0.2, 0) is 0 Å². The highest BCUT2D eigenvalue weighted by atomic mass is 79.9. The molecular formula is C13H7BrCl4. The Hall–Kier alpha value is 0.0800. The first-order valence-corrected chi connectivity index (χ1v) is 7.46. The molecule has 0 radical (unpaired) electrons. The average Bonchev–Trinajstić information content (AvgIpc) is 2.32. The summed E-state index contributed by atoms with van der Waals surface area (Å²) in [7, 11) is 0. The van der Waals surface area contributed by atoms with Gasteiger partial charge in [0.2, 0.25) is 0 Å². The molecule has 0 saturated heterocycles. The molecule has 0 amide bonds. The second-order valence-corrected chi connectivity index (χ2v) is 6.24. The zero-order valence-corrected chi connectivity index (χ0v) is 13.5. The van der Waals surface area contributed by atoms with Crippen LogP contribution in [0.3, 0.4) is 0 Å². The minimum absolute atomic E-state index is 0.204. The summed E-state index contributed by atoms with van der Waals surface area (Å²) in [5, 5.41) is 2.39. The molecule has 0 N–H and O–H groups in total. The highest BCUT2D eigenvalue weighted by molar-refractivity contribution is 9.09. The average molecular weight is 385 g/mol. The Morgan fingerprint density at radius 2 is 1.44 bits per heavy atom. The maximum Gasteiger partial charge on any atom is 0.0689 e. The molecule has 18 heavy (non-hydrogen) atoms. The Balaban J connectivity index is 2.54. The third kappa shape index (κ3) is 2.97. The smallest absolute Gasteiger partial charge is 0.0689 e. The van der Waals surface area contributed by atoms with Gasteiger partial charge in [-0.05, 0) is 35.9 Å². The van der Waals surface area contributed by atoms with Gasteiger partial charge in [0, 0.05) is 25.7 Å². The molecule has 0 nitrogen and oxygen atoms in total. The molecule has 0 aliphatic carbocycles. The van der Waals surface area contributed by atoms with E-state index in [1.807, 2.05) is 0 Å². The van der Waals surface area contributed by atoms with Crippen LogP contribution in [0.5, 0.6) is 0 Å². The van der Waals surface area contributed by atoms with Crippen molar-refractivity contribution in [3.63, 3.8) is 0 Å². The van der Waals surface area contributed by atoms with E-state index >= 15 is 0 Å². The fourth-order valence-electron chi connectivity index (χ4n) is 1.62. The van der Waals surface area contributed by atoms with Crippen molar-refractivity contribution in [3.8, 4) is 0 Å². The van der Waals surface area contributed by atoms with Crippen molar-refractivity contribution in [1.82, 2.24) is 0 Å². The first kappa shape index (κ1) is 14.5. The second-order valence-electron chi connectivity index (χ2n) is 3.66. The SMILES string of the molecule is Clc1ccc(Cl)c(C(Br)c2c(Cl)cccc2Cl)c1. The van der Waals surface area contributed by atoms with Crippen molar-refractivity contribution in [2.45, 2.75) is 4.83 Å². The van der Waals surface area contributed by atoms with Crippen LogP contribution in [0.15, 0.2) is 36.4 Å². The minimum Gasteiger partial charge on any atom is -0.0843 e. The Labute approximate surface area is 134 Å². The number of hydrogen-bond donors (Lipinski definition) is 0. The lowest BCUT2D eigenvalue weighted by Gasteiger charge is -2.16. The highest BCUT2D eigenvalue weighted by Gasteiger charge is 2.19. The van der Waals surface area contributed by atoms with Crippen LogP contribution in [0.25, 0.3) is 0 Å². The number of hydrogen-bond acceptors (Lipinski definition) is 0. The summed E-state index contributed by atoms with van der Waals surface area (Å²) in [6.45, 7) is 0.